The van der Waals surface area contributed by atoms with Crippen molar-refractivity contribution in [2.45, 2.75) is 227 Å². The number of imidazole rings is 2. The van der Waals surface area contributed by atoms with E-state index in [0.29, 0.717) is 29.5 Å². The van der Waals surface area contributed by atoms with Crippen molar-refractivity contribution in [1.29, 1.82) is 0 Å². The molecule has 0 aliphatic rings. The van der Waals surface area contributed by atoms with Gasteiger partial charge in [0.15, 0.2) is 5.43 Å². The Hall–Kier alpha value is -5.17. The molecule has 392 valence electrons. The van der Waals surface area contributed by atoms with E-state index >= 15 is 0 Å². The first kappa shape index (κ1) is 62.8. The molecule has 0 fully saturated rings. The number of nitrogens with two attached hydrogens (primary N) is 1. The number of nitrogens with zero attached hydrogens (tertiary/aromatic N) is 4. The van der Waals surface area contributed by atoms with Crippen molar-refractivity contribution in [3.63, 3.8) is 0 Å². The van der Waals surface area contributed by atoms with Gasteiger partial charge in [-0.2, -0.15) is 0 Å². The van der Waals surface area contributed by atoms with E-state index in [2.05, 4.69) is 73.4 Å². The summed E-state index contributed by atoms with van der Waals surface area (Å²) in [5.74, 6) is 1.02. The minimum absolute atomic E-state index is 0.155. The Morgan fingerprint density at radius 1 is 0.629 bits per heavy atom. The highest BCUT2D eigenvalue weighted by Crippen LogP contribution is 2.13. The molecule has 0 saturated carbocycles. The van der Waals surface area contributed by atoms with Gasteiger partial charge in [-0.25, -0.2) is 19.7 Å². The van der Waals surface area contributed by atoms with Crippen molar-refractivity contribution >= 4 is 17.6 Å². The highest BCUT2D eigenvalue weighted by molar-refractivity contribution is 5.89. The van der Waals surface area contributed by atoms with Crippen molar-refractivity contribution in [3.8, 4) is 0 Å². The summed E-state index contributed by atoms with van der Waals surface area (Å²) in [7, 11) is 0. The first-order valence-corrected chi connectivity index (χ1v) is 27.2. The van der Waals surface area contributed by atoms with Crippen LogP contribution in [0.5, 0.6) is 0 Å². The number of carbonyl (C=O) groups excluding carboxylic acids is 2. The Labute approximate surface area is 422 Å². The molecule has 13 nitrogen and oxygen atoms in total. The number of carbonyl (C=O) groups is 2. The highest BCUT2D eigenvalue weighted by Gasteiger charge is 2.07. The van der Waals surface area contributed by atoms with E-state index in [9.17, 15) is 19.2 Å². The van der Waals surface area contributed by atoms with Gasteiger partial charge in [0.05, 0.1) is 12.7 Å². The molecule has 0 radical (unpaired) electrons. The van der Waals surface area contributed by atoms with Crippen LogP contribution >= 0.6 is 0 Å². The average Bonchev–Trinajstić information content (AvgIpc) is 4.11. The third-order valence-corrected chi connectivity index (χ3v) is 11.6. The van der Waals surface area contributed by atoms with E-state index < -0.39 is 0 Å². The summed E-state index contributed by atoms with van der Waals surface area (Å²) in [6, 6.07) is 3.84. The molecule has 6 N–H and O–H groups in total. The smallest absolute Gasteiger partial charge is 0.332 e. The maximum atomic E-state index is 12.0. The maximum absolute atomic E-state index is 12.0. The first-order valence-electron chi connectivity index (χ1n) is 27.2. The van der Waals surface area contributed by atoms with Crippen molar-refractivity contribution in [3.05, 3.63) is 118 Å². The van der Waals surface area contributed by atoms with Gasteiger partial charge in [0.1, 0.15) is 23.8 Å². The summed E-state index contributed by atoms with van der Waals surface area (Å²) in [4.78, 5) is 66.1. The number of ketones is 1. The Morgan fingerprint density at radius 3 is 1.57 bits per heavy atom. The van der Waals surface area contributed by atoms with Crippen LogP contribution in [0, 0.1) is 13.8 Å². The lowest BCUT2D eigenvalue weighted by Crippen LogP contribution is -2.19. The van der Waals surface area contributed by atoms with Crippen molar-refractivity contribution in [2.24, 2.45) is 5.73 Å². The van der Waals surface area contributed by atoms with E-state index in [1.165, 1.54) is 215 Å². The number of aryl methyl sites for hydroxylation is 2. The normalized spacial score (nSPS) is 10.9. The van der Waals surface area contributed by atoms with Crippen LogP contribution in [0.25, 0.3) is 0 Å². The van der Waals surface area contributed by atoms with Gasteiger partial charge in [-0.05, 0) is 84.6 Å². The van der Waals surface area contributed by atoms with E-state index in [1.807, 2.05) is 0 Å². The molecule has 70 heavy (non-hydrogen) atoms. The summed E-state index contributed by atoms with van der Waals surface area (Å²) >= 11 is 0. The van der Waals surface area contributed by atoms with Crippen LogP contribution in [0.3, 0.4) is 0 Å². The molecule has 0 spiro atoms. The number of amides is 1. The number of aromatic nitrogens is 7. The molecule has 4 aromatic heterocycles. The maximum Gasteiger partial charge on any atom is 0.332 e. The SMILES string of the molecule is CCCCCCCC/C=C\CCCCCCCCCC(=O)Cc1nc(C)cc(=O)[nH]1.CCCCCCCC/C=C\CCCCCCCCN.Cc1cc(=O)cc(NC(=O)n2ccnc2)[nH]1.c1c[nH]cn1. The molecule has 0 atom stereocenters. The van der Waals surface area contributed by atoms with Crippen LogP contribution in [0.4, 0.5) is 10.6 Å². The summed E-state index contributed by atoms with van der Waals surface area (Å²) in [6.07, 6.45) is 58.1. The van der Waals surface area contributed by atoms with E-state index in [1.54, 1.807) is 32.6 Å². The van der Waals surface area contributed by atoms with Crippen molar-refractivity contribution < 1.29 is 9.59 Å². The van der Waals surface area contributed by atoms with Gasteiger partial charge in [-0.1, -0.05) is 160 Å². The van der Waals surface area contributed by atoms with E-state index in [0.717, 1.165) is 19.4 Å². The molecule has 0 aromatic carbocycles. The van der Waals surface area contributed by atoms with Crippen LogP contribution < -0.4 is 22.0 Å². The lowest BCUT2D eigenvalue weighted by molar-refractivity contribution is -0.118. The zero-order valence-electron chi connectivity index (χ0n) is 44.1. The number of rotatable bonds is 35. The van der Waals surface area contributed by atoms with Gasteiger partial charge in [-0.15, -0.1) is 0 Å². The zero-order chi connectivity index (χ0) is 51.0. The molecule has 0 saturated heterocycles. The molecule has 0 aliphatic heterocycles. The summed E-state index contributed by atoms with van der Waals surface area (Å²) in [6.45, 7) is 8.93. The molecule has 4 heterocycles. The van der Waals surface area contributed by atoms with Gasteiger partial charge in [0.25, 0.3) is 5.56 Å². The van der Waals surface area contributed by atoms with Gasteiger partial charge < -0.3 is 20.7 Å². The lowest BCUT2D eigenvalue weighted by atomic mass is 10.0. The number of allylic oxidation sites excluding steroid dienone is 4. The number of H-pyrrole nitrogens is 3. The van der Waals surface area contributed by atoms with Gasteiger partial charge in [0, 0.05) is 60.8 Å². The quantitative estimate of drug-likeness (QED) is 0.0222. The molecule has 4 aromatic rings. The molecule has 4 rings (SSSR count). The third-order valence-electron chi connectivity index (χ3n) is 11.6. The highest BCUT2D eigenvalue weighted by atomic mass is 16.2. The standard InChI is InChI=1S/C26H44N2O2.C18H37N.C10H10N4O2.C3H4N2/c1-3-4-5-6-7-8-9-10-11-12-13-14-15-16-17-18-19-20-24(29)22-25-27-23(2)21-26(30)28-25;1-2-3-4-5-6-7-8-9-10-11-12-13-14-15-16-17-18-19;1-7-4-8(15)5-9(12-7)13-10(16)14-3-2-11-6-14;1-2-5-3-4-1/h10-11,21H,3-9,12-20,22H2,1-2H3,(H,27,28,30);9-10H,2-8,11-19H2,1H3;2-6H,1H3,(H2,12,13,15,16);1-3H,(H,4,5)/b11-10-;10-9-;;. The number of Topliss-reactive ketones (excluding diaryl/α,β-unsaturated/α-hetero) is 1. The number of pyridine rings is 1. The first-order chi connectivity index (χ1) is 34.2. The largest absolute Gasteiger partial charge is 0.351 e. The number of hydrogen-bond acceptors (Lipinski definition) is 8. The summed E-state index contributed by atoms with van der Waals surface area (Å²) < 4.78 is 1.28. The fourth-order valence-corrected chi connectivity index (χ4v) is 7.66. The lowest BCUT2D eigenvalue weighted by Gasteiger charge is -2.05. The summed E-state index contributed by atoms with van der Waals surface area (Å²) in [5, 5.41) is 2.55. The fraction of sp³-hybridized carbons (Fsp3) is 0.632. The van der Waals surface area contributed by atoms with Crippen LogP contribution in [0.15, 0.2) is 89.5 Å². The Bertz CT molecular complexity index is 1950. The second-order valence-electron chi connectivity index (χ2n) is 18.4. The van der Waals surface area contributed by atoms with Crippen LogP contribution in [-0.4, -0.2) is 52.8 Å². The minimum atomic E-state index is -0.376. The Balaban J connectivity index is 0.000000523. The van der Waals surface area contributed by atoms with Gasteiger partial charge in [-0.3, -0.25) is 24.3 Å². The second kappa shape index (κ2) is 46.2. The van der Waals surface area contributed by atoms with Crippen molar-refractivity contribution in [1.82, 2.24) is 34.5 Å². The predicted octanol–water partition coefficient (Wildman–Crippen LogP) is 14.4. The number of unbranched alkanes of at least 4 members (excludes halogenated alkanes) is 25. The number of aromatic amines is 3. The van der Waals surface area contributed by atoms with Crippen LogP contribution in [0.2, 0.25) is 0 Å². The molecule has 0 unspecified atom stereocenters. The molecule has 0 bridgehead atoms. The predicted molar refractivity (Wildman–Crippen MR) is 293 cm³/mol. The average molecular weight is 970 g/mol. The number of hydrogen-bond donors (Lipinski definition) is 5. The molecule has 1 amide bonds. The van der Waals surface area contributed by atoms with Gasteiger partial charge in [0.2, 0.25) is 0 Å². The fourth-order valence-electron chi connectivity index (χ4n) is 7.66. The third kappa shape index (κ3) is 39.7. The van der Waals surface area contributed by atoms with E-state index in [4.69, 9.17) is 5.73 Å². The molecule has 13 heteroatoms. The Kier molecular flexibility index (Phi) is 41.5. The second-order valence-corrected chi connectivity index (χ2v) is 18.4. The summed E-state index contributed by atoms with van der Waals surface area (Å²) in [5.41, 5.74) is 6.49. The van der Waals surface area contributed by atoms with E-state index in [-0.39, 0.29) is 29.2 Å². The topological polar surface area (TPSA) is 197 Å². The number of nitrogens with one attached hydrogen (secondary N) is 4. The molecule has 0 aliphatic carbocycles. The van der Waals surface area contributed by atoms with Crippen LogP contribution in [-0.2, 0) is 11.2 Å². The monoisotopic (exact) mass is 970 g/mol. The Morgan fingerprint density at radius 2 is 1.14 bits per heavy atom. The number of anilines is 1. The van der Waals surface area contributed by atoms with Crippen molar-refractivity contribution in [2.75, 3.05) is 11.9 Å². The van der Waals surface area contributed by atoms with Crippen LogP contribution in [0.1, 0.15) is 224 Å². The molecular formula is C57H95N9O4. The molecular weight excluding hydrogens is 875 g/mol. The zero-order valence-corrected chi connectivity index (χ0v) is 44.1. The van der Waals surface area contributed by atoms with Gasteiger partial charge >= 0.3 is 6.03 Å². The minimum Gasteiger partial charge on any atom is -0.351 e.